The molecule has 0 bridgehead atoms. The van der Waals surface area contributed by atoms with E-state index in [4.69, 9.17) is 9.47 Å². The van der Waals surface area contributed by atoms with Crippen LogP contribution in [0.2, 0.25) is 0 Å². The van der Waals surface area contributed by atoms with Gasteiger partial charge in [0.1, 0.15) is 0 Å². The molecule has 3 heteroatoms. The fourth-order valence-corrected chi connectivity index (χ4v) is 3.70. The first-order chi connectivity index (χ1) is 13.3. The van der Waals surface area contributed by atoms with E-state index in [0.717, 1.165) is 25.7 Å². The van der Waals surface area contributed by atoms with E-state index >= 15 is 0 Å². The number of carbonyl (C=O) groups is 1. The van der Waals surface area contributed by atoms with Gasteiger partial charge in [0.2, 0.25) is 0 Å². The molecule has 0 spiro atoms. The summed E-state index contributed by atoms with van der Waals surface area (Å²) >= 11 is 0. The summed E-state index contributed by atoms with van der Waals surface area (Å²) in [4.78, 5) is 12.5. The summed E-state index contributed by atoms with van der Waals surface area (Å²) in [6, 6.07) is 19.3. The van der Waals surface area contributed by atoms with Gasteiger partial charge < -0.3 is 9.47 Å². The number of fused-ring (bicyclic) bond motifs is 1. The third-order valence-electron chi connectivity index (χ3n) is 5.32. The average molecular weight is 360 g/mol. The molecule has 0 amide bonds. The van der Waals surface area contributed by atoms with Crippen LogP contribution in [0.1, 0.15) is 48.0 Å². The number of hydrogen-bond donors (Lipinski definition) is 0. The topological polar surface area (TPSA) is 38.8 Å². The van der Waals surface area contributed by atoms with Crippen molar-refractivity contribution in [3.05, 3.63) is 71.8 Å². The molecule has 2 aromatic carbocycles. The largest absolute Gasteiger partial charge is 0.446 e. The van der Waals surface area contributed by atoms with Crippen LogP contribution in [-0.4, -0.2) is 23.8 Å². The number of esters is 1. The lowest BCUT2D eigenvalue weighted by Crippen LogP contribution is -2.21. The van der Waals surface area contributed by atoms with Gasteiger partial charge in [0.15, 0.2) is 11.7 Å². The van der Waals surface area contributed by atoms with Crippen molar-refractivity contribution in [1.29, 1.82) is 0 Å². The maximum absolute atomic E-state index is 12.5. The first-order valence-electron chi connectivity index (χ1n) is 9.76. The highest BCUT2D eigenvalue weighted by molar-refractivity contribution is 5.89. The Labute approximate surface area is 160 Å². The molecule has 3 atom stereocenters. The van der Waals surface area contributed by atoms with Gasteiger partial charge in [-0.15, -0.1) is 0 Å². The van der Waals surface area contributed by atoms with Gasteiger partial charge in [-0.3, -0.25) is 0 Å². The molecule has 0 aromatic heterocycles. The molecule has 3 nitrogen and oxygen atoms in total. The Balaban J connectivity index is 1.46. The molecule has 1 saturated heterocycles. The van der Waals surface area contributed by atoms with Gasteiger partial charge in [-0.2, -0.15) is 0 Å². The second-order valence-electron chi connectivity index (χ2n) is 7.30. The van der Waals surface area contributed by atoms with Gasteiger partial charge in [-0.05, 0) is 49.8 Å². The third-order valence-corrected chi connectivity index (χ3v) is 5.32. The lowest BCUT2D eigenvalue weighted by atomic mass is 9.89. The van der Waals surface area contributed by atoms with Crippen LogP contribution in [0.5, 0.6) is 0 Å². The molecule has 3 unspecified atom stereocenters. The predicted octanol–water partition coefficient (Wildman–Crippen LogP) is 4.56. The fourth-order valence-electron chi connectivity index (χ4n) is 3.70. The summed E-state index contributed by atoms with van der Waals surface area (Å²) in [5.74, 6) is 6.22. The van der Waals surface area contributed by atoms with Gasteiger partial charge in [0.25, 0.3) is 0 Å². The van der Waals surface area contributed by atoms with Crippen LogP contribution in [0.15, 0.2) is 60.7 Å². The number of rotatable bonds is 5. The van der Waals surface area contributed by atoms with E-state index in [2.05, 4.69) is 24.0 Å². The van der Waals surface area contributed by atoms with E-state index in [1.807, 2.05) is 36.4 Å². The van der Waals surface area contributed by atoms with Crippen LogP contribution >= 0.6 is 0 Å². The van der Waals surface area contributed by atoms with Crippen molar-refractivity contribution >= 4 is 5.97 Å². The molecule has 1 heterocycles. The molecule has 2 fully saturated rings. The first-order valence-corrected chi connectivity index (χ1v) is 9.76. The summed E-state index contributed by atoms with van der Waals surface area (Å²) in [6.07, 6.45) is 5.79. The van der Waals surface area contributed by atoms with E-state index < -0.39 is 6.10 Å². The molecule has 2 aromatic rings. The summed E-state index contributed by atoms with van der Waals surface area (Å²) in [5, 5.41) is 0. The minimum Gasteiger partial charge on any atom is -0.446 e. The third kappa shape index (κ3) is 4.40. The second-order valence-corrected chi connectivity index (χ2v) is 7.30. The summed E-state index contributed by atoms with van der Waals surface area (Å²) in [7, 11) is 0. The van der Waals surface area contributed by atoms with E-state index in [1.54, 1.807) is 12.1 Å². The quantitative estimate of drug-likeness (QED) is 0.446. The zero-order valence-corrected chi connectivity index (χ0v) is 15.4. The summed E-state index contributed by atoms with van der Waals surface area (Å²) in [6.45, 7) is 0. The van der Waals surface area contributed by atoms with Crippen molar-refractivity contribution in [2.45, 2.75) is 56.3 Å². The van der Waals surface area contributed by atoms with Gasteiger partial charge in [-0.1, -0.05) is 66.8 Å². The maximum atomic E-state index is 12.5. The number of hydrogen-bond acceptors (Lipinski definition) is 3. The number of aryl methyl sites for hydroxylation is 1. The molecule has 27 heavy (non-hydrogen) atoms. The molecule has 0 radical (unpaired) electrons. The van der Waals surface area contributed by atoms with E-state index in [9.17, 15) is 4.79 Å². The number of carbonyl (C=O) groups excluding carboxylic acids is 1. The van der Waals surface area contributed by atoms with Gasteiger partial charge in [-0.25, -0.2) is 4.79 Å². The zero-order valence-electron chi connectivity index (χ0n) is 15.4. The highest BCUT2D eigenvalue weighted by atomic mass is 16.6. The number of benzene rings is 2. The molecule has 1 aliphatic carbocycles. The van der Waals surface area contributed by atoms with Crippen molar-refractivity contribution in [3.63, 3.8) is 0 Å². The Bertz CT molecular complexity index is 834. The smallest absolute Gasteiger partial charge is 0.339 e. The Kier molecular flexibility index (Phi) is 5.27. The minimum atomic E-state index is -0.431. The van der Waals surface area contributed by atoms with Crippen LogP contribution < -0.4 is 0 Å². The van der Waals surface area contributed by atoms with Crippen molar-refractivity contribution in [2.75, 3.05) is 0 Å². The van der Waals surface area contributed by atoms with E-state index in [0.29, 0.717) is 12.0 Å². The average Bonchev–Trinajstić information content (AvgIpc) is 3.46. The van der Waals surface area contributed by atoms with Crippen LogP contribution in [0.3, 0.4) is 0 Å². The van der Waals surface area contributed by atoms with Crippen LogP contribution in [-0.2, 0) is 15.9 Å². The molecular weight excluding hydrogens is 336 g/mol. The Hall–Kier alpha value is -2.57. The highest BCUT2D eigenvalue weighted by Crippen LogP contribution is 2.47. The normalized spacial score (nSPS) is 24.1. The van der Waals surface area contributed by atoms with E-state index in [1.165, 1.54) is 12.0 Å². The fraction of sp³-hybridized carbons (Fsp3) is 0.375. The molecule has 1 saturated carbocycles. The highest BCUT2D eigenvalue weighted by Gasteiger charge is 2.56. The second kappa shape index (κ2) is 7.98. The standard InChI is InChI=1S/C24H24O3/c25-23(20-11-5-2-6-12-20)26-21(15-14-19-9-3-1-4-10-19)16-18-24-17-8-7-13-22(24)27-24/h1-6,9-12,21-22H,7-8,13-15,17H2. The molecule has 2 aliphatic rings. The van der Waals surface area contributed by atoms with Crippen molar-refractivity contribution in [1.82, 2.24) is 0 Å². The minimum absolute atomic E-state index is 0.275. The molecule has 4 rings (SSSR count). The van der Waals surface area contributed by atoms with Gasteiger partial charge >= 0.3 is 5.97 Å². The molecule has 0 N–H and O–H groups in total. The molecule has 1 aliphatic heterocycles. The Morgan fingerprint density at radius 2 is 1.85 bits per heavy atom. The van der Waals surface area contributed by atoms with Crippen molar-refractivity contribution in [3.8, 4) is 11.8 Å². The SMILES string of the molecule is O=C(OC(C#CC12CCCCC1O2)CCc1ccccc1)c1ccccc1. The predicted molar refractivity (Wildman–Crippen MR) is 104 cm³/mol. The zero-order chi connectivity index (χ0) is 18.5. The van der Waals surface area contributed by atoms with Crippen molar-refractivity contribution in [2.24, 2.45) is 0 Å². The van der Waals surface area contributed by atoms with Gasteiger partial charge in [0, 0.05) is 0 Å². The number of epoxide rings is 1. The Morgan fingerprint density at radius 3 is 2.59 bits per heavy atom. The lowest BCUT2D eigenvalue weighted by Gasteiger charge is -2.14. The first kappa shape index (κ1) is 17.8. The van der Waals surface area contributed by atoms with Crippen LogP contribution in [0.25, 0.3) is 0 Å². The maximum Gasteiger partial charge on any atom is 0.339 e. The van der Waals surface area contributed by atoms with Crippen LogP contribution in [0.4, 0.5) is 0 Å². The van der Waals surface area contributed by atoms with E-state index in [-0.39, 0.29) is 17.7 Å². The van der Waals surface area contributed by atoms with Gasteiger partial charge in [0.05, 0.1) is 11.7 Å². The van der Waals surface area contributed by atoms with Crippen LogP contribution in [0, 0.1) is 11.8 Å². The summed E-state index contributed by atoms with van der Waals surface area (Å²) in [5.41, 5.74) is 1.50. The lowest BCUT2D eigenvalue weighted by molar-refractivity contribution is 0.0397. The Morgan fingerprint density at radius 1 is 1.11 bits per heavy atom. The monoisotopic (exact) mass is 360 g/mol. The van der Waals surface area contributed by atoms with Crippen molar-refractivity contribution < 1.29 is 14.3 Å². The number of ether oxygens (including phenoxy) is 2. The molecular formula is C24H24O3. The molecule has 138 valence electrons. The summed E-state index contributed by atoms with van der Waals surface area (Å²) < 4.78 is 11.6.